The molecule has 17 heavy (non-hydrogen) atoms. The number of nitrogens with zero attached hydrogens (tertiary/aromatic N) is 5. The van der Waals surface area contributed by atoms with Gasteiger partial charge in [-0.15, -0.1) is 0 Å². The second kappa shape index (κ2) is 5.87. The Morgan fingerprint density at radius 1 is 1.71 bits per heavy atom. The third-order valence-corrected chi connectivity index (χ3v) is 3.85. The van der Waals surface area contributed by atoms with Gasteiger partial charge in [0.2, 0.25) is 0 Å². The van der Waals surface area contributed by atoms with Crippen LogP contribution in [0.1, 0.15) is 6.42 Å². The van der Waals surface area contributed by atoms with E-state index in [1.165, 1.54) is 17.9 Å². The molecular weight excluding hydrogens is 268 g/mol. The molecule has 8 nitrogen and oxygen atoms in total. The summed E-state index contributed by atoms with van der Waals surface area (Å²) in [4.78, 5) is 2.56. The van der Waals surface area contributed by atoms with E-state index in [9.17, 15) is 8.42 Å². The minimum absolute atomic E-state index is 0.0649. The third kappa shape index (κ3) is 3.60. The minimum atomic E-state index is -3.68. The van der Waals surface area contributed by atoms with E-state index in [1.54, 1.807) is 0 Å². The second-order valence-electron chi connectivity index (χ2n) is 3.13. The zero-order valence-electron chi connectivity index (χ0n) is 9.04. The Hall–Kier alpha value is -1.28. The van der Waals surface area contributed by atoms with E-state index in [4.69, 9.17) is 17.1 Å². The molecule has 0 unspecified atom stereocenters. The van der Waals surface area contributed by atoms with Crippen LogP contribution in [0.5, 0.6) is 0 Å². The van der Waals surface area contributed by atoms with Crippen LogP contribution >= 0.6 is 11.6 Å². The van der Waals surface area contributed by atoms with Gasteiger partial charge in [-0.1, -0.05) is 16.7 Å². The maximum atomic E-state index is 11.8. The van der Waals surface area contributed by atoms with Gasteiger partial charge >= 0.3 is 0 Å². The molecule has 1 aromatic heterocycles. The molecule has 0 atom stereocenters. The zero-order valence-corrected chi connectivity index (χ0v) is 10.6. The van der Waals surface area contributed by atoms with Crippen LogP contribution in [0.3, 0.4) is 0 Å². The molecule has 1 N–H and O–H groups in total. The van der Waals surface area contributed by atoms with E-state index in [-0.39, 0.29) is 23.1 Å². The van der Waals surface area contributed by atoms with E-state index in [2.05, 4.69) is 19.8 Å². The Morgan fingerprint density at radius 3 is 2.94 bits per heavy atom. The molecule has 94 valence electrons. The summed E-state index contributed by atoms with van der Waals surface area (Å²) in [6, 6.07) is 0. The number of aromatic nitrogens is 2. The summed E-state index contributed by atoms with van der Waals surface area (Å²) in [6.07, 6.45) is 1.68. The van der Waals surface area contributed by atoms with Crippen LogP contribution in [0.2, 0.25) is 5.02 Å². The van der Waals surface area contributed by atoms with Gasteiger partial charge in [0.15, 0.2) is 5.03 Å². The monoisotopic (exact) mass is 278 g/mol. The molecule has 0 spiro atoms. The number of hydrogen-bond donors (Lipinski definition) is 1. The summed E-state index contributed by atoms with van der Waals surface area (Å²) in [5, 5.41) is 7.01. The topological polar surface area (TPSA) is 113 Å². The van der Waals surface area contributed by atoms with Crippen molar-refractivity contribution in [2.24, 2.45) is 12.2 Å². The number of rotatable bonds is 6. The van der Waals surface area contributed by atoms with Gasteiger partial charge in [-0.05, 0) is 12.0 Å². The lowest BCUT2D eigenvalue weighted by atomic mass is 10.4. The molecule has 1 rings (SSSR count). The summed E-state index contributed by atoms with van der Waals surface area (Å²) in [7, 11) is -2.20. The van der Waals surface area contributed by atoms with Gasteiger partial charge in [-0.2, -0.15) is 5.10 Å². The molecule has 10 heteroatoms. The second-order valence-corrected chi connectivity index (χ2v) is 5.22. The van der Waals surface area contributed by atoms with Crippen molar-refractivity contribution >= 4 is 21.6 Å². The van der Waals surface area contributed by atoms with Crippen LogP contribution in [0.15, 0.2) is 16.3 Å². The first-order valence-corrected chi connectivity index (χ1v) is 6.53. The van der Waals surface area contributed by atoms with Crippen LogP contribution in [-0.4, -0.2) is 31.3 Å². The minimum Gasteiger partial charge on any atom is -0.255 e. The highest BCUT2D eigenvalue weighted by atomic mass is 35.5. The highest BCUT2D eigenvalue weighted by Crippen LogP contribution is 2.19. The molecule has 0 aromatic carbocycles. The van der Waals surface area contributed by atoms with Gasteiger partial charge in [0.1, 0.15) is 0 Å². The predicted molar refractivity (Wildman–Crippen MR) is 62.0 cm³/mol. The molecule has 0 saturated heterocycles. The van der Waals surface area contributed by atoms with Crippen molar-refractivity contribution in [1.82, 2.24) is 14.5 Å². The molecule has 0 saturated carbocycles. The standard InChI is InChI=1S/C7H11ClN6O2S/c1-14-7(6(8)5-11-14)17(15,16)12-4-2-3-10-13-9/h5,12H,2-4H2,1H3. The van der Waals surface area contributed by atoms with Gasteiger partial charge in [0.25, 0.3) is 10.0 Å². The van der Waals surface area contributed by atoms with Crippen LogP contribution in [-0.2, 0) is 17.1 Å². The molecule has 1 aromatic rings. The number of halogens is 1. The summed E-state index contributed by atoms with van der Waals surface area (Å²) in [5.74, 6) is 0. The highest BCUT2D eigenvalue weighted by Gasteiger charge is 2.21. The van der Waals surface area contributed by atoms with Crippen molar-refractivity contribution in [3.8, 4) is 0 Å². The number of nitrogens with one attached hydrogen (secondary N) is 1. The summed E-state index contributed by atoms with van der Waals surface area (Å²) < 4.78 is 27.1. The maximum absolute atomic E-state index is 11.8. The fourth-order valence-corrected chi connectivity index (χ4v) is 2.90. The van der Waals surface area contributed by atoms with Gasteiger partial charge in [-0.25, -0.2) is 13.1 Å². The maximum Gasteiger partial charge on any atom is 0.259 e. The summed E-state index contributed by atoms with van der Waals surface area (Å²) in [6.45, 7) is 0.404. The smallest absolute Gasteiger partial charge is 0.255 e. The number of azide groups is 1. The Bertz CT molecular complexity index is 513. The van der Waals surface area contributed by atoms with Crippen LogP contribution in [0, 0.1) is 0 Å². The first-order chi connectivity index (χ1) is 7.99. The molecule has 0 fully saturated rings. The van der Waals surface area contributed by atoms with Crippen molar-refractivity contribution in [2.45, 2.75) is 11.4 Å². The molecular formula is C7H11ClN6O2S. The average Bonchev–Trinajstić information content (AvgIpc) is 2.58. The largest absolute Gasteiger partial charge is 0.259 e. The van der Waals surface area contributed by atoms with Gasteiger partial charge in [0, 0.05) is 25.0 Å². The van der Waals surface area contributed by atoms with E-state index >= 15 is 0 Å². The molecule has 0 radical (unpaired) electrons. The predicted octanol–water partition coefficient (Wildman–Crippen LogP) is 1.05. The van der Waals surface area contributed by atoms with Crippen molar-refractivity contribution in [3.05, 3.63) is 21.7 Å². The van der Waals surface area contributed by atoms with Crippen LogP contribution < -0.4 is 4.72 Å². The molecule has 0 aliphatic rings. The van der Waals surface area contributed by atoms with Crippen LogP contribution in [0.25, 0.3) is 10.4 Å². The highest BCUT2D eigenvalue weighted by molar-refractivity contribution is 7.89. The van der Waals surface area contributed by atoms with Gasteiger partial charge < -0.3 is 0 Å². The molecule has 0 aliphatic heterocycles. The molecule has 1 heterocycles. The van der Waals surface area contributed by atoms with Crippen molar-refractivity contribution in [2.75, 3.05) is 13.1 Å². The molecule has 0 aliphatic carbocycles. The Kier molecular flexibility index (Phi) is 4.76. The zero-order chi connectivity index (χ0) is 12.9. The Balaban J connectivity index is 2.67. The Morgan fingerprint density at radius 2 is 2.41 bits per heavy atom. The normalized spacial score (nSPS) is 11.2. The fraction of sp³-hybridized carbons (Fsp3) is 0.571. The number of aryl methyl sites for hydroxylation is 1. The average molecular weight is 279 g/mol. The number of sulfonamides is 1. The third-order valence-electron chi connectivity index (χ3n) is 1.89. The lowest BCUT2D eigenvalue weighted by Gasteiger charge is -2.06. The van der Waals surface area contributed by atoms with Crippen molar-refractivity contribution in [3.63, 3.8) is 0 Å². The van der Waals surface area contributed by atoms with Crippen molar-refractivity contribution in [1.29, 1.82) is 0 Å². The quantitative estimate of drug-likeness (QED) is 0.363. The first kappa shape index (κ1) is 13.8. The summed E-state index contributed by atoms with van der Waals surface area (Å²) in [5.41, 5.74) is 8.04. The SMILES string of the molecule is Cn1ncc(Cl)c1S(=O)(=O)NCCCN=[N+]=[N-]. The van der Waals surface area contributed by atoms with E-state index in [0.29, 0.717) is 6.42 Å². The van der Waals surface area contributed by atoms with E-state index in [1.807, 2.05) is 0 Å². The summed E-state index contributed by atoms with van der Waals surface area (Å²) >= 11 is 5.72. The van der Waals surface area contributed by atoms with Crippen LogP contribution in [0.4, 0.5) is 0 Å². The lowest BCUT2D eigenvalue weighted by molar-refractivity contribution is 0.561. The lowest BCUT2D eigenvalue weighted by Crippen LogP contribution is -2.27. The molecule has 0 bridgehead atoms. The fourth-order valence-electron chi connectivity index (χ4n) is 1.17. The number of hydrogen-bond acceptors (Lipinski definition) is 4. The van der Waals surface area contributed by atoms with E-state index in [0.717, 1.165) is 0 Å². The van der Waals surface area contributed by atoms with E-state index < -0.39 is 10.0 Å². The van der Waals surface area contributed by atoms with Gasteiger partial charge in [-0.3, -0.25) is 4.68 Å². The Labute approximate surface area is 103 Å². The van der Waals surface area contributed by atoms with Crippen molar-refractivity contribution < 1.29 is 8.42 Å². The molecule has 0 amide bonds. The van der Waals surface area contributed by atoms with Gasteiger partial charge in [0.05, 0.1) is 11.2 Å². The first-order valence-electron chi connectivity index (χ1n) is 4.67.